The lowest BCUT2D eigenvalue weighted by molar-refractivity contribution is 0.0727. The Labute approximate surface area is 159 Å². The Morgan fingerprint density at radius 3 is 2.59 bits per heavy atom. The maximum absolute atomic E-state index is 12.8. The average molecular weight is 358 g/mol. The number of rotatable bonds is 3. The first kappa shape index (κ1) is 17.2. The number of carbonyl (C=O) groups is 1. The van der Waals surface area contributed by atoms with Crippen molar-refractivity contribution in [3.05, 3.63) is 82.5 Å². The standard InChI is InChI=1S/C22H22N4O/c1-15-7-8-16(2)20(13-15)23-21-10-9-19(24-25-21)22(27)26-12-11-17-5-3-4-6-18(17)14-26/h3-10,13H,11-12,14H2,1-2H3,(H,23,25). The molecule has 4 rings (SSSR count). The molecule has 1 amide bonds. The van der Waals surface area contributed by atoms with Crippen LogP contribution in [-0.4, -0.2) is 27.5 Å². The van der Waals surface area contributed by atoms with Crippen LogP contribution in [0.1, 0.15) is 32.7 Å². The Balaban J connectivity index is 1.47. The summed E-state index contributed by atoms with van der Waals surface area (Å²) in [7, 11) is 0. The monoisotopic (exact) mass is 358 g/mol. The van der Waals surface area contributed by atoms with Gasteiger partial charge in [-0.2, -0.15) is 0 Å². The Bertz CT molecular complexity index is 982. The van der Waals surface area contributed by atoms with Gasteiger partial charge in [-0.25, -0.2) is 0 Å². The number of nitrogens with one attached hydrogen (secondary N) is 1. The van der Waals surface area contributed by atoms with Crippen LogP contribution in [0.3, 0.4) is 0 Å². The molecule has 0 aliphatic carbocycles. The minimum absolute atomic E-state index is 0.0738. The van der Waals surface area contributed by atoms with Crippen molar-refractivity contribution < 1.29 is 4.79 Å². The molecule has 0 saturated heterocycles. The van der Waals surface area contributed by atoms with Gasteiger partial charge in [0.05, 0.1) is 0 Å². The summed E-state index contributed by atoms with van der Waals surface area (Å²) in [5.74, 6) is 0.555. The predicted octanol–water partition coefficient (Wildman–Crippen LogP) is 4.04. The Kier molecular flexibility index (Phi) is 4.59. The van der Waals surface area contributed by atoms with Crippen LogP contribution in [0.15, 0.2) is 54.6 Å². The first-order chi connectivity index (χ1) is 13.1. The van der Waals surface area contributed by atoms with Gasteiger partial charge >= 0.3 is 0 Å². The summed E-state index contributed by atoms with van der Waals surface area (Å²) >= 11 is 0. The normalized spacial score (nSPS) is 13.2. The van der Waals surface area contributed by atoms with Crippen molar-refractivity contribution in [3.63, 3.8) is 0 Å². The van der Waals surface area contributed by atoms with Crippen molar-refractivity contribution >= 4 is 17.4 Å². The summed E-state index contributed by atoms with van der Waals surface area (Å²) in [4.78, 5) is 14.6. The van der Waals surface area contributed by atoms with E-state index >= 15 is 0 Å². The summed E-state index contributed by atoms with van der Waals surface area (Å²) < 4.78 is 0. The minimum Gasteiger partial charge on any atom is -0.339 e. The Morgan fingerprint density at radius 2 is 1.81 bits per heavy atom. The van der Waals surface area contributed by atoms with Crippen molar-refractivity contribution in [1.29, 1.82) is 0 Å². The third kappa shape index (κ3) is 3.67. The lowest BCUT2D eigenvalue weighted by atomic mass is 10.00. The molecule has 0 bridgehead atoms. The van der Waals surface area contributed by atoms with E-state index < -0.39 is 0 Å². The van der Waals surface area contributed by atoms with Crippen molar-refractivity contribution in [2.24, 2.45) is 0 Å². The van der Waals surface area contributed by atoms with E-state index in [4.69, 9.17) is 0 Å². The van der Waals surface area contributed by atoms with Crippen LogP contribution in [0.4, 0.5) is 11.5 Å². The fourth-order valence-corrected chi connectivity index (χ4v) is 3.35. The highest BCUT2D eigenvalue weighted by Gasteiger charge is 2.22. The Hall–Kier alpha value is -3.21. The molecule has 3 aromatic rings. The van der Waals surface area contributed by atoms with Crippen molar-refractivity contribution in [3.8, 4) is 0 Å². The third-order valence-electron chi connectivity index (χ3n) is 4.96. The van der Waals surface area contributed by atoms with Gasteiger partial charge in [-0.15, -0.1) is 10.2 Å². The molecule has 0 unspecified atom stereocenters. The molecule has 1 aromatic heterocycles. The van der Waals surface area contributed by atoms with Crippen LogP contribution in [-0.2, 0) is 13.0 Å². The molecule has 136 valence electrons. The predicted molar refractivity (Wildman–Crippen MR) is 106 cm³/mol. The summed E-state index contributed by atoms with van der Waals surface area (Å²) in [5.41, 5.74) is 6.21. The van der Waals surface area contributed by atoms with E-state index in [-0.39, 0.29) is 5.91 Å². The molecule has 27 heavy (non-hydrogen) atoms. The number of aromatic nitrogens is 2. The lowest BCUT2D eigenvalue weighted by Gasteiger charge is -2.28. The van der Waals surface area contributed by atoms with Crippen LogP contribution in [0.2, 0.25) is 0 Å². The summed E-state index contributed by atoms with van der Waals surface area (Å²) in [6.45, 7) is 5.43. The third-order valence-corrected chi connectivity index (χ3v) is 4.96. The van der Waals surface area contributed by atoms with Crippen molar-refractivity contribution in [1.82, 2.24) is 15.1 Å². The summed E-state index contributed by atoms with van der Waals surface area (Å²) in [6, 6.07) is 18.0. The Morgan fingerprint density at radius 1 is 1.00 bits per heavy atom. The van der Waals surface area contributed by atoms with Crippen LogP contribution in [0, 0.1) is 13.8 Å². The fraction of sp³-hybridized carbons (Fsp3) is 0.227. The number of benzene rings is 2. The van der Waals surface area contributed by atoms with Gasteiger partial charge in [0.15, 0.2) is 11.5 Å². The van der Waals surface area contributed by atoms with Crippen LogP contribution < -0.4 is 5.32 Å². The molecule has 5 heteroatoms. The second kappa shape index (κ2) is 7.19. The zero-order valence-electron chi connectivity index (χ0n) is 15.6. The van der Waals surface area contributed by atoms with E-state index in [2.05, 4.69) is 52.8 Å². The van der Waals surface area contributed by atoms with E-state index in [1.165, 1.54) is 16.7 Å². The molecule has 0 radical (unpaired) electrons. The molecule has 2 heterocycles. The zero-order valence-corrected chi connectivity index (χ0v) is 15.6. The average Bonchev–Trinajstić information content (AvgIpc) is 2.70. The summed E-state index contributed by atoms with van der Waals surface area (Å²) in [6.07, 6.45) is 0.877. The molecule has 5 nitrogen and oxygen atoms in total. The van der Waals surface area contributed by atoms with E-state index in [0.717, 1.165) is 17.7 Å². The number of nitrogens with zero attached hydrogens (tertiary/aromatic N) is 3. The summed E-state index contributed by atoms with van der Waals surface area (Å²) in [5, 5.41) is 11.6. The van der Waals surface area contributed by atoms with Gasteiger partial charge in [0, 0.05) is 18.8 Å². The molecule has 0 saturated carbocycles. The SMILES string of the molecule is Cc1ccc(C)c(Nc2ccc(C(=O)N3CCc4ccccc4C3)nn2)c1. The van der Waals surface area contributed by atoms with E-state index in [0.29, 0.717) is 24.6 Å². The second-order valence-electron chi connectivity index (χ2n) is 6.99. The number of anilines is 2. The first-order valence-electron chi connectivity index (χ1n) is 9.14. The highest BCUT2D eigenvalue weighted by molar-refractivity contribution is 5.92. The number of aryl methyl sites for hydroxylation is 2. The number of fused-ring (bicyclic) bond motifs is 1. The molecule has 1 aliphatic heterocycles. The molecule has 1 aliphatic rings. The van der Waals surface area contributed by atoms with Gasteiger partial charge in [0.2, 0.25) is 0 Å². The van der Waals surface area contributed by atoms with Gasteiger partial charge in [0.25, 0.3) is 5.91 Å². The molecule has 0 fully saturated rings. The van der Waals surface area contributed by atoms with E-state index in [1.54, 1.807) is 12.1 Å². The maximum Gasteiger partial charge on any atom is 0.274 e. The van der Waals surface area contributed by atoms with Gasteiger partial charge in [-0.05, 0) is 60.7 Å². The number of hydrogen-bond acceptors (Lipinski definition) is 4. The minimum atomic E-state index is -0.0738. The van der Waals surface area contributed by atoms with E-state index in [9.17, 15) is 4.79 Å². The molecule has 0 spiro atoms. The maximum atomic E-state index is 12.8. The molecule has 0 atom stereocenters. The molecule has 1 N–H and O–H groups in total. The number of carbonyl (C=O) groups excluding carboxylic acids is 1. The van der Waals surface area contributed by atoms with Gasteiger partial charge in [-0.3, -0.25) is 4.79 Å². The van der Waals surface area contributed by atoms with Gasteiger partial charge < -0.3 is 10.2 Å². The quantitative estimate of drug-likeness (QED) is 0.768. The van der Waals surface area contributed by atoms with Crippen molar-refractivity contribution in [2.45, 2.75) is 26.8 Å². The molecular formula is C22H22N4O. The molecule has 2 aromatic carbocycles. The van der Waals surface area contributed by atoms with Crippen molar-refractivity contribution in [2.75, 3.05) is 11.9 Å². The number of hydrogen-bond donors (Lipinski definition) is 1. The molecular weight excluding hydrogens is 336 g/mol. The van der Waals surface area contributed by atoms with Crippen LogP contribution in [0.25, 0.3) is 0 Å². The zero-order chi connectivity index (χ0) is 18.8. The fourth-order valence-electron chi connectivity index (χ4n) is 3.35. The number of amides is 1. The van der Waals surface area contributed by atoms with Crippen LogP contribution in [0.5, 0.6) is 0 Å². The highest BCUT2D eigenvalue weighted by atomic mass is 16.2. The topological polar surface area (TPSA) is 58.1 Å². The van der Waals surface area contributed by atoms with Crippen LogP contribution >= 0.6 is 0 Å². The smallest absolute Gasteiger partial charge is 0.274 e. The van der Waals surface area contributed by atoms with Gasteiger partial charge in [0.1, 0.15) is 0 Å². The largest absolute Gasteiger partial charge is 0.339 e. The second-order valence-corrected chi connectivity index (χ2v) is 6.99. The van der Waals surface area contributed by atoms with E-state index in [1.807, 2.05) is 24.0 Å². The highest BCUT2D eigenvalue weighted by Crippen LogP contribution is 2.22. The first-order valence-corrected chi connectivity index (χ1v) is 9.14. The van der Waals surface area contributed by atoms with Gasteiger partial charge in [-0.1, -0.05) is 36.4 Å². The lowest BCUT2D eigenvalue weighted by Crippen LogP contribution is -2.36.